The minimum absolute atomic E-state index is 0.0851. The highest BCUT2D eigenvalue weighted by Gasteiger charge is 2.37. The highest BCUT2D eigenvalue weighted by Crippen LogP contribution is 2.29. The summed E-state index contributed by atoms with van der Waals surface area (Å²) < 4.78 is 37.6. The van der Waals surface area contributed by atoms with Gasteiger partial charge in [-0.2, -0.15) is 13.2 Å². The largest absolute Gasteiger partial charge is 0.504 e. The van der Waals surface area contributed by atoms with Crippen LogP contribution in [0.2, 0.25) is 0 Å². The van der Waals surface area contributed by atoms with Crippen molar-refractivity contribution in [2.75, 3.05) is 20.6 Å². The number of aliphatic hydroxyl groups excluding tert-OH is 1. The second kappa shape index (κ2) is 5.23. The smallest absolute Gasteiger partial charge is 0.449 e. The van der Waals surface area contributed by atoms with Gasteiger partial charge >= 0.3 is 6.18 Å². The molecule has 0 saturated carbocycles. The average molecular weight is 246 g/mol. The number of allylic oxidation sites excluding steroid dienone is 1. The first-order chi connectivity index (χ1) is 7.82. The van der Waals surface area contributed by atoms with Gasteiger partial charge in [-0.1, -0.05) is 30.3 Å². The van der Waals surface area contributed by atoms with Crippen LogP contribution in [0.25, 0.3) is 5.57 Å². The Morgan fingerprint density at radius 2 is 1.71 bits per heavy atom. The zero-order chi connectivity index (χ0) is 13.1. The Morgan fingerprint density at radius 1 is 1.18 bits per heavy atom. The van der Waals surface area contributed by atoms with Crippen LogP contribution in [0.5, 0.6) is 0 Å². The maximum Gasteiger partial charge on any atom is 0.449 e. The molecule has 2 N–H and O–H groups in total. The summed E-state index contributed by atoms with van der Waals surface area (Å²) in [6.45, 7) is 0.107. The number of likely N-dealkylation sites (N-methyl/N-ethyl adjacent to an activating group) is 1. The normalized spacial score (nSPS) is 13.8. The van der Waals surface area contributed by atoms with Gasteiger partial charge in [0.15, 0.2) is 0 Å². The lowest BCUT2D eigenvalue weighted by Gasteiger charge is -2.15. The minimum atomic E-state index is -4.71. The van der Waals surface area contributed by atoms with Gasteiger partial charge in [0, 0.05) is 0 Å². The summed E-state index contributed by atoms with van der Waals surface area (Å²) in [5.41, 5.74) is 0.307. The van der Waals surface area contributed by atoms with Gasteiger partial charge in [0.1, 0.15) is 6.54 Å². The number of aliphatic hydroxyl groups is 1. The molecule has 0 radical (unpaired) electrons. The molecular weight excluding hydrogens is 231 g/mol. The lowest BCUT2D eigenvalue weighted by atomic mass is 10.0. The van der Waals surface area contributed by atoms with Crippen LogP contribution in [-0.2, 0) is 0 Å². The lowest BCUT2D eigenvalue weighted by molar-refractivity contribution is -0.849. The number of hydrogen-bond donors (Lipinski definition) is 2. The highest BCUT2D eigenvalue weighted by molar-refractivity contribution is 5.68. The Bertz CT molecular complexity index is 396. The maximum atomic E-state index is 12.5. The van der Waals surface area contributed by atoms with Crippen LogP contribution < -0.4 is 4.90 Å². The van der Waals surface area contributed by atoms with Crippen molar-refractivity contribution in [1.29, 1.82) is 0 Å². The molecule has 0 atom stereocenters. The third-order valence-corrected chi connectivity index (χ3v) is 2.21. The molecule has 0 spiro atoms. The molecule has 0 aliphatic carbocycles. The fourth-order valence-corrected chi connectivity index (χ4v) is 1.49. The highest BCUT2D eigenvalue weighted by atomic mass is 19.4. The summed E-state index contributed by atoms with van der Waals surface area (Å²) in [6, 6.07) is 8.11. The number of quaternary nitrogens is 1. The van der Waals surface area contributed by atoms with Crippen LogP contribution in [0.3, 0.4) is 0 Å². The van der Waals surface area contributed by atoms with Gasteiger partial charge in [0.2, 0.25) is 5.76 Å². The Balaban J connectivity index is 3.22. The molecule has 2 nitrogen and oxygen atoms in total. The molecule has 17 heavy (non-hydrogen) atoms. The van der Waals surface area contributed by atoms with E-state index in [-0.39, 0.29) is 12.1 Å². The molecule has 0 heterocycles. The van der Waals surface area contributed by atoms with E-state index in [1.54, 1.807) is 44.4 Å². The van der Waals surface area contributed by atoms with Crippen molar-refractivity contribution in [3.63, 3.8) is 0 Å². The van der Waals surface area contributed by atoms with Crippen molar-refractivity contribution in [3.8, 4) is 0 Å². The fraction of sp³-hybridized carbons (Fsp3) is 0.333. The van der Waals surface area contributed by atoms with Gasteiger partial charge in [0.25, 0.3) is 0 Å². The Hall–Kier alpha value is -1.49. The summed E-state index contributed by atoms with van der Waals surface area (Å²) in [5.74, 6) is -1.51. The van der Waals surface area contributed by atoms with Crippen molar-refractivity contribution >= 4 is 5.57 Å². The van der Waals surface area contributed by atoms with E-state index in [0.29, 0.717) is 5.56 Å². The second-order valence-electron chi connectivity index (χ2n) is 4.07. The predicted molar refractivity (Wildman–Crippen MR) is 59.7 cm³/mol. The van der Waals surface area contributed by atoms with Gasteiger partial charge in [-0.3, -0.25) is 0 Å². The first kappa shape index (κ1) is 13.6. The van der Waals surface area contributed by atoms with Crippen molar-refractivity contribution < 1.29 is 23.2 Å². The molecule has 5 heteroatoms. The van der Waals surface area contributed by atoms with Crippen LogP contribution >= 0.6 is 0 Å². The summed E-state index contributed by atoms with van der Waals surface area (Å²) >= 11 is 0. The molecular formula is C12H15F3NO+. The van der Waals surface area contributed by atoms with Crippen molar-refractivity contribution in [2.24, 2.45) is 0 Å². The molecule has 0 amide bonds. The van der Waals surface area contributed by atoms with E-state index in [0.717, 1.165) is 4.90 Å². The van der Waals surface area contributed by atoms with Crippen LogP contribution in [0, 0.1) is 0 Å². The molecule has 0 aliphatic heterocycles. The Kier molecular flexibility index (Phi) is 4.17. The quantitative estimate of drug-likeness (QED) is 0.779. The number of benzene rings is 1. The molecule has 0 aliphatic rings. The van der Waals surface area contributed by atoms with Crippen molar-refractivity contribution in [1.82, 2.24) is 0 Å². The zero-order valence-electron chi connectivity index (χ0n) is 9.67. The second-order valence-corrected chi connectivity index (χ2v) is 4.07. The van der Waals surface area contributed by atoms with Crippen LogP contribution in [0.1, 0.15) is 5.56 Å². The molecule has 1 aromatic rings. The van der Waals surface area contributed by atoms with E-state index >= 15 is 0 Å². The minimum Gasteiger partial charge on any atom is -0.504 e. The van der Waals surface area contributed by atoms with E-state index < -0.39 is 11.9 Å². The topological polar surface area (TPSA) is 24.7 Å². The standard InChI is InChI=1S/C12H14F3NO/c1-16(2)8-10(11(17)12(13,14)15)9-6-4-3-5-7-9/h3-7,17H,8H2,1-2H3/p+1/b11-10-. The molecule has 0 unspecified atom stereocenters. The van der Waals surface area contributed by atoms with Crippen LogP contribution in [-0.4, -0.2) is 31.9 Å². The Labute approximate surface area is 98.0 Å². The first-order valence-electron chi connectivity index (χ1n) is 5.16. The third-order valence-electron chi connectivity index (χ3n) is 2.21. The van der Waals surface area contributed by atoms with Gasteiger partial charge in [-0.15, -0.1) is 0 Å². The summed E-state index contributed by atoms with van der Waals surface area (Å²) in [5, 5.41) is 9.29. The number of hydrogen-bond acceptors (Lipinski definition) is 1. The first-order valence-corrected chi connectivity index (χ1v) is 5.16. The SMILES string of the molecule is C[NH+](C)C/C(=C(/O)C(F)(F)F)c1ccccc1. The molecule has 0 bridgehead atoms. The third kappa shape index (κ3) is 3.78. The monoisotopic (exact) mass is 246 g/mol. The van der Waals surface area contributed by atoms with Gasteiger partial charge in [0.05, 0.1) is 19.7 Å². The van der Waals surface area contributed by atoms with Crippen LogP contribution in [0.4, 0.5) is 13.2 Å². The number of alkyl halides is 3. The molecule has 94 valence electrons. The lowest BCUT2D eigenvalue weighted by Crippen LogP contribution is -3.05. The van der Waals surface area contributed by atoms with E-state index in [4.69, 9.17) is 0 Å². The van der Waals surface area contributed by atoms with E-state index in [2.05, 4.69) is 0 Å². The fourth-order valence-electron chi connectivity index (χ4n) is 1.49. The van der Waals surface area contributed by atoms with Crippen LogP contribution in [0.15, 0.2) is 36.1 Å². The number of halogens is 3. The zero-order valence-corrected chi connectivity index (χ0v) is 9.67. The van der Waals surface area contributed by atoms with Crippen molar-refractivity contribution in [3.05, 3.63) is 41.7 Å². The maximum absolute atomic E-state index is 12.5. The number of rotatable bonds is 3. The summed E-state index contributed by atoms with van der Waals surface area (Å²) in [4.78, 5) is 0.805. The van der Waals surface area contributed by atoms with E-state index in [1.165, 1.54) is 0 Å². The molecule has 0 aromatic heterocycles. The van der Waals surface area contributed by atoms with Gasteiger partial charge < -0.3 is 10.0 Å². The van der Waals surface area contributed by atoms with E-state index in [9.17, 15) is 18.3 Å². The van der Waals surface area contributed by atoms with Crippen molar-refractivity contribution in [2.45, 2.75) is 6.18 Å². The Morgan fingerprint density at radius 3 is 2.12 bits per heavy atom. The van der Waals surface area contributed by atoms with Gasteiger partial charge in [-0.25, -0.2) is 0 Å². The summed E-state index contributed by atoms with van der Waals surface area (Å²) in [7, 11) is 3.46. The van der Waals surface area contributed by atoms with Gasteiger partial charge in [-0.05, 0) is 5.56 Å². The molecule has 1 rings (SSSR count). The average Bonchev–Trinajstić information content (AvgIpc) is 2.24. The molecule has 0 fully saturated rings. The summed E-state index contributed by atoms with van der Waals surface area (Å²) in [6.07, 6.45) is -4.71. The number of nitrogens with one attached hydrogen (secondary N) is 1. The predicted octanol–water partition coefficient (Wildman–Crippen LogP) is 1.66. The van der Waals surface area contributed by atoms with E-state index in [1.807, 2.05) is 0 Å². The molecule has 1 aromatic carbocycles. The molecule has 0 saturated heterocycles.